The van der Waals surface area contributed by atoms with Crippen molar-refractivity contribution in [1.82, 2.24) is 25.0 Å². The van der Waals surface area contributed by atoms with Crippen LogP contribution in [0.15, 0.2) is 60.7 Å². The molecule has 1 aliphatic heterocycles. The fraction of sp³-hybridized carbons (Fsp3) is 0.241. The molecule has 2 aromatic carbocycles. The topological polar surface area (TPSA) is 123 Å². The number of rotatable bonds is 5. The van der Waals surface area contributed by atoms with Gasteiger partial charge in [0.25, 0.3) is 11.8 Å². The molecule has 0 radical (unpaired) electrons. The van der Waals surface area contributed by atoms with Crippen molar-refractivity contribution in [2.24, 2.45) is 0 Å². The maximum atomic E-state index is 13.9. The van der Waals surface area contributed by atoms with Gasteiger partial charge in [0.05, 0.1) is 22.3 Å². The average molecular weight is 512 g/mol. The molecule has 4 aromatic rings. The molecule has 38 heavy (non-hydrogen) atoms. The first-order valence-corrected chi connectivity index (χ1v) is 12.4. The number of nitrogens with zero attached hydrogens (tertiary/aromatic N) is 4. The van der Waals surface area contributed by atoms with Gasteiger partial charge in [-0.25, -0.2) is 4.98 Å². The van der Waals surface area contributed by atoms with Gasteiger partial charge in [0.2, 0.25) is 0 Å². The van der Waals surface area contributed by atoms with Crippen LogP contribution in [-0.2, 0) is 4.79 Å². The highest BCUT2D eigenvalue weighted by molar-refractivity contribution is 6.09. The SMILES string of the molecule is CC(C)(O)C(=O)N1CCN(C(=O)c2cc(-c3ccc(O)cc3)nc3n[nH]c(C=Cc4ccccc4)c23)CC1. The highest BCUT2D eigenvalue weighted by Crippen LogP contribution is 2.29. The normalized spacial score (nSPS) is 14.4. The second-order valence-electron chi connectivity index (χ2n) is 9.83. The quantitative estimate of drug-likeness (QED) is 0.377. The molecule has 3 N–H and O–H groups in total. The van der Waals surface area contributed by atoms with E-state index in [9.17, 15) is 19.8 Å². The number of amides is 2. The summed E-state index contributed by atoms with van der Waals surface area (Å²) >= 11 is 0. The Labute approximate surface area is 220 Å². The van der Waals surface area contributed by atoms with Gasteiger partial charge >= 0.3 is 0 Å². The number of hydrogen-bond donors (Lipinski definition) is 3. The van der Waals surface area contributed by atoms with Crippen LogP contribution in [0, 0.1) is 0 Å². The largest absolute Gasteiger partial charge is 0.508 e. The van der Waals surface area contributed by atoms with Crippen molar-refractivity contribution in [2.45, 2.75) is 19.4 Å². The molecule has 194 valence electrons. The molecule has 9 nitrogen and oxygen atoms in total. The molecule has 0 unspecified atom stereocenters. The predicted molar refractivity (Wildman–Crippen MR) is 145 cm³/mol. The first-order valence-electron chi connectivity index (χ1n) is 12.4. The van der Waals surface area contributed by atoms with Gasteiger partial charge in [0.15, 0.2) is 5.65 Å². The van der Waals surface area contributed by atoms with Crippen LogP contribution in [0.4, 0.5) is 0 Å². The van der Waals surface area contributed by atoms with E-state index in [1.165, 1.54) is 13.8 Å². The summed E-state index contributed by atoms with van der Waals surface area (Å²) in [6, 6.07) is 18.2. The molecule has 0 bridgehead atoms. The highest BCUT2D eigenvalue weighted by Gasteiger charge is 2.33. The molecule has 0 aliphatic carbocycles. The summed E-state index contributed by atoms with van der Waals surface area (Å²) in [5.41, 5.74) is 2.35. The second-order valence-corrected chi connectivity index (χ2v) is 9.83. The number of hydrogen-bond acceptors (Lipinski definition) is 6. The van der Waals surface area contributed by atoms with Crippen molar-refractivity contribution in [3.63, 3.8) is 0 Å². The number of benzene rings is 2. The van der Waals surface area contributed by atoms with Crippen molar-refractivity contribution >= 4 is 35.0 Å². The minimum atomic E-state index is -1.46. The molecule has 0 saturated carbocycles. The number of phenols is 1. The monoisotopic (exact) mass is 511 g/mol. The lowest BCUT2D eigenvalue weighted by Crippen LogP contribution is -2.55. The maximum Gasteiger partial charge on any atom is 0.254 e. The summed E-state index contributed by atoms with van der Waals surface area (Å²) in [5.74, 6) is -0.407. The van der Waals surface area contributed by atoms with Crippen LogP contribution in [0.25, 0.3) is 34.4 Å². The number of nitrogens with one attached hydrogen (secondary N) is 1. The average Bonchev–Trinajstić information content (AvgIpc) is 3.34. The van der Waals surface area contributed by atoms with Crippen molar-refractivity contribution in [1.29, 1.82) is 0 Å². The first-order chi connectivity index (χ1) is 18.2. The summed E-state index contributed by atoms with van der Waals surface area (Å²) in [4.78, 5) is 34.4. The zero-order valence-electron chi connectivity index (χ0n) is 21.3. The number of aromatic amines is 1. The third kappa shape index (κ3) is 5.14. The molecule has 2 aromatic heterocycles. The fourth-order valence-corrected chi connectivity index (χ4v) is 4.53. The van der Waals surface area contributed by atoms with E-state index in [0.29, 0.717) is 54.2 Å². The molecule has 1 fully saturated rings. The predicted octanol–water partition coefficient (Wildman–Crippen LogP) is 3.56. The van der Waals surface area contributed by atoms with Crippen LogP contribution in [0.1, 0.15) is 35.5 Å². The van der Waals surface area contributed by atoms with Crippen LogP contribution in [0.2, 0.25) is 0 Å². The molecule has 9 heteroatoms. The molecular weight excluding hydrogens is 482 g/mol. The van der Waals surface area contributed by atoms with Crippen LogP contribution >= 0.6 is 0 Å². The van der Waals surface area contributed by atoms with Gasteiger partial charge in [-0.15, -0.1) is 0 Å². The lowest BCUT2D eigenvalue weighted by atomic mass is 10.0. The Morgan fingerprint density at radius 2 is 1.61 bits per heavy atom. The zero-order valence-corrected chi connectivity index (χ0v) is 21.3. The van der Waals surface area contributed by atoms with Gasteiger partial charge in [-0.05, 0) is 55.8 Å². The standard InChI is InChI=1S/C29H29N5O4/c1-29(2,38)28(37)34-16-14-33(15-17-34)27(36)22-18-24(20-9-11-21(35)12-10-20)30-26-25(22)23(31-32-26)13-8-19-6-4-3-5-7-19/h3-13,18,35,38H,14-17H2,1-2H3,(H,30,31,32). The summed E-state index contributed by atoms with van der Waals surface area (Å²) < 4.78 is 0. The van der Waals surface area contributed by atoms with E-state index in [1.807, 2.05) is 42.5 Å². The number of fused-ring (bicyclic) bond motifs is 1. The summed E-state index contributed by atoms with van der Waals surface area (Å²) in [7, 11) is 0. The van der Waals surface area contributed by atoms with Crippen LogP contribution in [0.5, 0.6) is 5.75 Å². The van der Waals surface area contributed by atoms with Crippen molar-refractivity contribution in [3.05, 3.63) is 77.5 Å². The van der Waals surface area contributed by atoms with Crippen molar-refractivity contribution in [3.8, 4) is 17.0 Å². The number of H-pyrrole nitrogens is 1. The van der Waals surface area contributed by atoms with Crippen molar-refractivity contribution < 1.29 is 19.8 Å². The lowest BCUT2D eigenvalue weighted by molar-refractivity contribution is -0.149. The van der Waals surface area contributed by atoms with Crippen LogP contribution in [-0.4, -0.2) is 78.8 Å². The third-order valence-electron chi connectivity index (χ3n) is 6.56. The Bertz CT molecular complexity index is 1500. The number of phenolic OH excluding ortho intramolecular Hbond substituents is 1. The van der Waals surface area contributed by atoms with Gasteiger partial charge < -0.3 is 20.0 Å². The number of aliphatic hydroxyl groups is 1. The first kappa shape index (κ1) is 25.2. The lowest BCUT2D eigenvalue weighted by Gasteiger charge is -2.37. The Kier molecular flexibility index (Phi) is 6.69. The van der Waals surface area contributed by atoms with Gasteiger partial charge in [-0.2, -0.15) is 5.10 Å². The van der Waals surface area contributed by atoms with E-state index < -0.39 is 5.60 Å². The van der Waals surface area contributed by atoms with E-state index in [2.05, 4.69) is 10.2 Å². The second kappa shape index (κ2) is 10.1. The van der Waals surface area contributed by atoms with Crippen molar-refractivity contribution in [2.75, 3.05) is 26.2 Å². The fourth-order valence-electron chi connectivity index (χ4n) is 4.53. The Balaban J connectivity index is 1.52. The molecule has 0 atom stereocenters. The zero-order chi connectivity index (χ0) is 26.9. The maximum absolute atomic E-state index is 13.9. The van der Waals surface area contributed by atoms with Gasteiger partial charge in [-0.1, -0.05) is 36.4 Å². The smallest absolute Gasteiger partial charge is 0.254 e. The molecular formula is C29H29N5O4. The number of aromatic nitrogens is 3. The number of aromatic hydroxyl groups is 1. The van der Waals surface area contributed by atoms with E-state index in [4.69, 9.17) is 4.98 Å². The number of carbonyl (C=O) groups excluding carboxylic acids is 2. The van der Waals surface area contributed by atoms with Crippen LogP contribution < -0.4 is 0 Å². The van der Waals surface area contributed by atoms with Crippen LogP contribution in [0.3, 0.4) is 0 Å². The number of carbonyl (C=O) groups is 2. The number of pyridine rings is 1. The number of piperazine rings is 1. The Morgan fingerprint density at radius 3 is 2.26 bits per heavy atom. The van der Waals surface area contributed by atoms with Gasteiger partial charge in [0.1, 0.15) is 11.4 Å². The Morgan fingerprint density at radius 1 is 0.947 bits per heavy atom. The van der Waals surface area contributed by atoms with E-state index in [1.54, 1.807) is 40.1 Å². The minimum Gasteiger partial charge on any atom is -0.508 e. The van der Waals surface area contributed by atoms with E-state index in [-0.39, 0.29) is 17.6 Å². The third-order valence-corrected chi connectivity index (χ3v) is 6.56. The van der Waals surface area contributed by atoms with Gasteiger partial charge in [-0.3, -0.25) is 14.7 Å². The summed E-state index contributed by atoms with van der Waals surface area (Å²) in [5, 5.41) is 27.8. The molecule has 5 rings (SSSR count). The van der Waals surface area contributed by atoms with E-state index in [0.717, 1.165) is 11.1 Å². The Hall–Kier alpha value is -4.50. The molecule has 3 heterocycles. The molecule has 1 saturated heterocycles. The molecule has 1 aliphatic rings. The summed E-state index contributed by atoms with van der Waals surface area (Å²) in [6.07, 6.45) is 3.82. The minimum absolute atomic E-state index is 0.137. The molecule has 0 spiro atoms. The summed E-state index contributed by atoms with van der Waals surface area (Å²) in [6.45, 7) is 4.28. The highest BCUT2D eigenvalue weighted by atomic mass is 16.3. The van der Waals surface area contributed by atoms with Gasteiger partial charge in [0, 0.05) is 31.7 Å². The molecule has 2 amide bonds. The van der Waals surface area contributed by atoms with E-state index >= 15 is 0 Å².